The van der Waals surface area contributed by atoms with Gasteiger partial charge < -0.3 is 9.47 Å². The number of aromatic nitrogens is 3. The summed E-state index contributed by atoms with van der Waals surface area (Å²) in [5.74, 6) is 1.29. The number of thiazole rings is 1. The van der Waals surface area contributed by atoms with E-state index in [1.54, 1.807) is 31.6 Å². The number of rotatable bonds is 4. The van der Waals surface area contributed by atoms with Gasteiger partial charge in [0.1, 0.15) is 11.2 Å². The zero-order valence-electron chi connectivity index (χ0n) is 14.0. The minimum Gasteiger partial charge on any atom is -0.493 e. The third-order valence-electron chi connectivity index (χ3n) is 3.99. The Hall–Kier alpha value is -3.00. The van der Waals surface area contributed by atoms with E-state index in [4.69, 9.17) is 9.47 Å². The Morgan fingerprint density at radius 2 is 1.92 bits per heavy atom. The average Bonchev–Trinajstić information content (AvgIpc) is 3.22. The monoisotopic (exact) mass is 354 g/mol. The zero-order chi connectivity index (χ0) is 17.4. The summed E-state index contributed by atoms with van der Waals surface area (Å²) in [5.41, 5.74) is 2.79. The van der Waals surface area contributed by atoms with Crippen LogP contribution in [0.15, 0.2) is 46.8 Å². The van der Waals surface area contributed by atoms with E-state index in [-0.39, 0.29) is 0 Å². The van der Waals surface area contributed by atoms with Crippen LogP contribution in [0.1, 0.15) is 0 Å². The normalized spacial score (nSPS) is 11.6. The van der Waals surface area contributed by atoms with Gasteiger partial charge in [-0.1, -0.05) is 0 Å². The smallest absolute Gasteiger partial charge is 0.409 e. The summed E-state index contributed by atoms with van der Waals surface area (Å²) in [7, 11) is 5.18. The van der Waals surface area contributed by atoms with E-state index in [1.165, 1.54) is 0 Å². The predicted molar refractivity (Wildman–Crippen MR) is 96.4 cm³/mol. The van der Waals surface area contributed by atoms with Crippen LogP contribution in [0.3, 0.4) is 0 Å². The lowest BCUT2D eigenvalue weighted by Crippen LogP contribution is -2.25. The maximum atomic E-state index is 5.30. The summed E-state index contributed by atoms with van der Waals surface area (Å²) < 4.78 is 13.7. The summed E-state index contributed by atoms with van der Waals surface area (Å²) in [6.45, 7) is 0. The minimum absolute atomic E-state index is 0.626. The maximum Gasteiger partial charge on any atom is 0.409 e. The fourth-order valence-electron chi connectivity index (χ4n) is 2.65. The van der Waals surface area contributed by atoms with Gasteiger partial charge in [-0.05, 0) is 34.7 Å². The molecular weight excluding hydrogens is 338 g/mol. The molecule has 126 valence electrons. The van der Waals surface area contributed by atoms with Gasteiger partial charge in [-0.25, -0.2) is 4.57 Å². The number of nitrogens with zero attached hydrogens (tertiary/aromatic N) is 4. The quantitative estimate of drug-likeness (QED) is 0.444. The van der Waals surface area contributed by atoms with Crippen molar-refractivity contribution in [3.05, 3.63) is 36.5 Å². The van der Waals surface area contributed by atoms with Crippen molar-refractivity contribution >= 4 is 43.3 Å². The fraction of sp³-hybridized carbons (Fsp3) is 0.176. The molecule has 0 aliphatic heterocycles. The molecule has 0 aliphatic rings. The summed E-state index contributed by atoms with van der Waals surface area (Å²) in [6.07, 6.45) is 1.82. The number of hydrogen-bond acceptors (Lipinski definition) is 6. The van der Waals surface area contributed by atoms with Crippen LogP contribution in [0, 0.1) is 0 Å². The van der Waals surface area contributed by atoms with E-state index < -0.39 is 0 Å². The largest absolute Gasteiger partial charge is 0.493 e. The molecule has 8 heteroatoms. The summed E-state index contributed by atoms with van der Waals surface area (Å²) in [5, 5.41) is 17.7. The molecule has 0 saturated carbocycles. The van der Waals surface area contributed by atoms with Gasteiger partial charge in [0.05, 0.1) is 42.8 Å². The molecule has 4 rings (SSSR count). The molecule has 0 bridgehead atoms. The second-order valence-electron chi connectivity index (χ2n) is 5.46. The van der Waals surface area contributed by atoms with Gasteiger partial charge in [-0.15, -0.1) is 0 Å². The van der Waals surface area contributed by atoms with Crippen molar-refractivity contribution in [2.75, 3.05) is 14.2 Å². The summed E-state index contributed by atoms with van der Waals surface area (Å²) in [6, 6.07) is 9.63. The fourth-order valence-corrected chi connectivity index (χ4v) is 3.65. The van der Waals surface area contributed by atoms with Gasteiger partial charge in [0.25, 0.3) is 0 Å². The topological polar surface area (TPSA) is 75.7 Å². The highest BCUT2D eigenvalue weighted by atomic mass is 32.1. The van der Waals surface area contributed by atoms with Crippen LogP contribution in [0.4, 0.5) is 10.8 Å². The first-order valence-electron chi connectivity index (χ1n) is 7.59. The number of hydrogen-bond donors (Lipinski definition) is 1. The number of nitrogens with one attached hydrogen (secondary N) is 1. The SMILES string of the molecule is COc1ccc(N=Nc2sc3cc4cn[nH]c4cc3[n+]2C)cc1OC. The maximum absolute atomic E-state index is 5.30. The third kappa shape index (κ3) is 2.70. The number of methoxy groups -OCH3 is 2. The molecule has 0 radical (unpaired) electrons. The highest BCUT2D eigenvalue weighted by Gasteiger charge is 2.17. The summed E-state index contributed by atoms with van der Waals surface area (Å²) in [4.78, 5) is 0. The lowest BCUT2D eigenvalue weighted by molar-refractivity contribution is -0.627. The first-order chi connectivity index (χ1) is 12.2. The molecule has 2 aromatic carbocycles. The van der Waals surface area contributed by atoms with E-state index in [9.17, 15) is 0 Å². The molecule has 0 amide bonds. The second kappa shape index (κ2) is 6.14. The van der Waals surface area contributed by atoms with E-state index in [2.05, 4.69) is 32.6 Å². The lowest BCUT2D eigenvalue weighted by atomic mass is 10.2. The minimum atomic E-state index is 0.626. The molecule has 4 aromatic rings. The molecular formula is C17H16N5O2S+. The van der Waals surface area contributed by atoms with Crippen LogP contribution in [0.25, 0.3) is 21.1 Å². The standard InChI is InChI=1S/C17H16N5O2S/c1-22-13-8-12-10(9-18-20-12)6-16(13)25-17(22)21-19-11-4-5-14(23-2)15(7-11)24-3/h4-9H,1-3H3,(H,18,20)/q+1. The molecule has 0 saturated heterocycles. The predicted octanol–water partition coefficient (Wildman–Crippen LogP) is 4.03. The Labute approximate surface area is 147 Å². The van der Waals surface area contributed by atoms with Crippen molar-refractivity contribution in [2.24, 2.45) is 17.3 Å². The van der Waals surface area contributed by atoms with Crippen molar-refractivity contribution in [3.8, 4) is 11.5 Å². The van der Waals surface area contributed by atoms with Gasteiger partial charge in [-0.2, -0.15) is 5.10 Å². The zero-order valence-corrected chi connectivity index (χ0v) is 14.8. The first-order valence-corrected chi connectivity index (χ1v) is 8.40. The van der Waals surface area contributed by atoms with Gasteiger partial charge in [-0.3, -0.25) is 5.10 Å². The number of aryl methyl sites for hydroxylation is 1. The van der Waals surface area contributed by atoms with Crippen molar-refractivity contribution in [1.82, 2.24) is 10.2 Å². The molecule has 2 aromatic heterocycles. The Balaban J connectivity index is 1.72. The van der Waals surface area contributed by atoms with Crippen molar-refractivity contribution in [1.29, 1.82) is 0 Å². The highest BCUT2D eigenvalue weighted by Crippen LogP contribution is 2.33. The van der Waals surface area contributed by atoms with Crippen molar-refractivity contribution in [3.63, 3.8) is 0 Å². The number of azo groups is 1. The average molecular weight is 354 g/mol. The van der Waals surface area contributed by atoms with E-state index in [0.717, 1.165) is 26.3 Å². The lowest BCUT2D eigenvalue weighted by Gasteiger charge is -2.06. The highest BCUT2D eigenvalue weighted by molar-refractivity contribution is 7.21. The third-order valence-corrected chi connectivity index (χ3v) is 5.07. The van der Waals surface area contributed by atoms with E-state index in [1.807, 2.05) is 29.9 Å². The molecule has 0 spiro atoms. The number of aromatic amines is 1. The second-order valence-corrected chi connectivity index (χ2v) is 6.47. The number of benzene rings is 2. The number of ether oxygens (including phenoxy) is 2. The molecule has 0 fully saturated rings. The molecule has 0 aliphatic carbocycles. The Morgan fingerprint density at radius 3 is 2.72 bits per heavy atom. The van der Waals surface area contributed by atoms with Crippen LogP contribution < -0.4 is 14.0 Å². The molecule has 7 nitrogen and oxygen atoms in total. The van der Waals surface area contributed by atoms with Gasteiger partial charge in [0.2, 0.25) is 0 Å². The number of fused-ring (bicyclic) bond motifs is 2. The van der Waals surface area contributed by atoms with Crippen molar-refractivity contribution in [2.45, 2.75) is 0 Å². The van der Waals surface area contributed by atoms with E-state index in [0.29, 0.717) is 17.2 Å². The van der Waals surface area contributed by atoms with E-state index >= 15 is 0 Å². The van der Waals surface area contributed by atoms with Crippen LogP contribution >= 0.6 is 11.3 Å². The Bertz CT molecular complexity index is 1100. The van der Waals surface area contributed by atoms with Gasteiger partial charge >= 0.3 is 5.13 Å². The number of H-pyrrole nitrogens is 1. The molecule has 1 N–H and O–H groups in total. The Morgan fingerprint density at radius 1 is 1.08 bits per heavy atom. The Kier molecular flexibility index (Phi) is 3.81. The molecule has 25 heavy (non-hydrogen) atoms. The summed E-state index contributed by atoms with van der Waals surface area (Å²) >= 11 is 1.58. The van der Waals surface area contributed by atoms with Gasteiger partial charge in [0.15, 0.2) is 11.5 Å². The van der Waals surface area contributed by atoms with Crippen LogP contribution in [0.5, 0.6) is 11.5 Å². The molecule has 0 unspecified atom stereocenters. The van der Waals surface area contributed by atoms with Crippen LogP contribution in [-0.2, 0) is 7.05 Å². The van der Waals surface area contributed by atoms with Crippen LogP contribution in [0.2, 0.25) is 0 Å². The van der Waals surface area contributed by atoms with Crippen molar-refractivity contribution < 1.29 is 14.0 Å². The van der Waals surface area contributed by atoms with Gasteiger partial charge in [0, 0.05) is 17.5 Å². The molecule has 0 atom stereocenters. The van der Waals surface area contributed by atoms with Crippen LogP contribution in [-0.4, -0.2) is 24.4 Å². The molecule has 2 heterocycles. The first kappa shape index (κ1) is 15.5.